The van der Waals surface area contributed by atoms with E-state index in [1.54, 1.807) is 36.8 Å². The van der Waals surface area contributed by atoms with Gasteiger partial charge in [0, 0.05) is 16.6 Å². The van der Waals surface area contributed by atoms with E-state index in [1.165, 1.54) is 35.6 Å². The number of benzene rings is 3. The smallest absolute Gasteiger partial charge is 0.275 e. The number of nitrogens with one attached hydrogen (secondary N) is 1. The lowest BCUT2D eigenvalue weighted by molar-refractivity contribution is 0.102. The molecule has 0 aliphatic carbocycles. The Morgan fingerprint density at radius 1 is 1.03 bits per heavy atom. The predicted octanol–water partition coefficient (Wildman–Crippen LogP) is 7.10. The minimum absolute atomic E-state index is 0.262. The number of hydrogen-bond donors (Lipinski definition) is 1. The minimum atomic E-state index is -0.377. The van der Waals surface area contributed by atoms with Crippen molar-refractivity contribution in [3.63, 3.8) is 0 Å². The van der Waals surface area contributed by atoms with Gasteiger partial charge in [0.25, 0.3) is 5.91 Å². The summed E-state index contributed by atoms with van der Waals surface area (Å²) in [6, 6.07) is 16.3. The van der Waals surface area contributed by atoms with Crippen molar-refractivity contribution >= 4 is 46.1 Å². The third-order valence-electron chi connectivity index (χ3n) is 4.63. The topological polar surface area (TPSA) is 60.5 Å². The zero-order valence-electron chi connectivity index (χ0n) is 17.3. The molecule has 4 rings (SSSR count). The molecule has 0 aliphatic heterocycles. The molecule has 1 aromatic heterocycles. The molecule has 0 unspecified atom stereocenters. The van der Waals surface area contributed by atoms with Crippen molar-refractivity contribution in [1.29, 1.82) is 0 Å². The molecular weight excluding hydrogens is 486 g/mol. The maximum absolute atomic E-state index is 13.0. The van der Waals surface area contributed by atoms with Gasteiger partial charge >= 0.3 is 0 Å². The van der Waals surface area contributed by atoms with E-state index < -0.39 is 0 Å². The Balaban J connectivity index is 1.47. The zero-order chi connectivity index (χ0) is 23.4. The van der Waals surface area contributed by atoms with Crippen LogP contribution in [0.5, 0.6) is 11.5 Å². The molecule has 4 aromatic rings. The van der Waals surface area contributed by atoms with Crippen LogP contribution < -0.4 is 14.8 Å². The standard InChI is InChI=1S/C24H17Cl2FN2O3S/c1-31-22-11-15(3-9-21(22)32-12-14-2-8-18(25)19(26)10-14)24-29-20(13-33-24)23(30)28-17-6-4-16(27)5-7-17/h2-11,13H,12H2,1H3,(H,28,30). The Hall–Kier alpha value is -3.13. The second kappa shape index (κ2) is 10.2. The van der Waals surface area contributed by atoms with E-state index in [-0.39, 0.29) is 24.0 Å². The fourth-order valence-electron chi connectivity index (χ4n) is 2.95. The van der Waals surface area contributed by atoms with Crippen molar-refractivity contribution in [2.75, 3.05) is 12.4 Å². The summed E-state index contributed by atoms with van der Waals surface area (Å²) in [5.74, 6) is 0.332. The van der Waals surface area contributed by atoms with Crippen LogP contribution in [0.4, 0.5) is 10.1 Å². The van der Waals surface area contributed by atoms with Crippen LogP contribution in [-0.4, -0.2) is 18.0 Å². The molecule has 5 nitrogen and oxygen atoms in total. The van der Waals surface area contributed by atoms with E-state index in [9.17, 15) is 9.18 Å². The largest absolute Gasteiger partial charge is 0.493 e. The highest BCUT2D eigenvalue weighted by molar-refractivity contribution is 7.13. The van der Waals surface area contributed by atoms with Gasteiger partial charge in [-0.1, -0.05) is 29.3 Å². The van der Waals surface area contributed by atoms with Gasteiger partial charge in [-0.2, -0.15) is 0 Å². The number of ether oxygens (including phenoxy) is 2. The molecule has 0 bridgehead atoms. The minimum Gasteiger partial charge on any atom is -0.493 e. The van der Waals surface area contributed by atoms with Gasteiger partial charge in [0.15, 0.2) is 11.5 Å². The first-order valence-corrected chi connectivity index (χ1v) is 11.3. The lowest BCUT2D eigenvalue weighted by Gasteiger charge is -2.12. The van der Waals surface area contributed by atoms with Crippen LogP contribution in [0.3, 0.4) is 0 Å². The Bertz CT molecular complexity index is 1300. The molecule has 9 heteroatoms. The van der Waals surface area contributed by atoms with Gasteiger partial charge in [0.05, 0.1) is 17.2 Å². The van der Waals surface area contributed by atoms with Crippen molar-refractivity contribution in [2.45, 2.75) is 6.61 Å². The molecule has 1 N–H and O–H groups in total. The summed E-state index contributed by atoms with van der Waals surface area (Å²) in [7, 11) is 1.55. The van der Waals surface area contributed by atoms with Gasteiger partial charge < -0.3 is 14.8 Å². The SMILES string of the molecule is COc1cc(-c2nc(C(=O)Nc3ccc(F)cc3)cs2)ccc1OCc1ccc(Cl)c(Cl)c1. The third kappa shape index (κ3) is 5.63. The molecule has 0 fully saturated rings. The normalized spacial score (nSPS) is 10.7. The van der Waals surface area contributed by atoms with Crippen LogP contribution in [0, 0.1) is 5.82 Å². The van der Waals surface area contributed by atoms with E-state index in [2.05, 4.69) is 10.3 Å². The van der Waals surface area contributed by atoms with Crippen molar-refractivity contribution in [1.82, 2.24) is 4.98 Å². The molecular formula is C24H17Cl2FN2O3S. The van der Waals surface area contributed by atoms with Crippen LogP contribution in [0.1, 0.15) is 16.1 Å². The Labute approximate surface area is 203 Å². The number of methoxy groups -OCH3 is 1. The van der Waals surface area contributed by atoms with Crippen LogP contribution in [0.15, 0.2) is 66.0 Å². The van der Waals surface area contributed by atoms with Crippen molar-refractivity contribution in [3.8, 4) is 22.1 Å². The first-order chi connectivity index (χ1) is 15.9. The fourth-order valence-corrected chi connectivity index (χ4v) is 4.07. The monoisotopic (exact) mass is 502 g/mol. The number of hydrogen-bond acceptors (Lipinski definition) is 5. The van der Waals surface area contributed by atoms with E-state index in [0.29, 0.717) is 32.2 Å². The van der Waals surface area contributed by atoms with E-state index in [0.717, 1.165) is 11.1 Å². The van der Waals surface area contributed by atoms with Crippen LogP contribution in [0.25, 0.3) is 10.6 Å². The number of nitrogens with zero attached hydrogens (tertiary/aromatic N) is 1. The number of carbonyl (C=O) groups excluding carboxylic acids is 1. The van der Waals surface area contributed by atoms with Gasteiger partial charge in [-0.15, -0.1) is 11.3 Å². The highest BCUT2D eigenvalue weighted by Crippen LogP contribution is 2.34. The molecule has 0 spiro atoms. The molecule has 0 radical (unpaired) electrons. The van der Waals surface area contributed by atoms with Gasteiger partial charge in [0.2, 0.25) is 0 Å². The summed E-state index contributed by atoms with van der Waals surface area (Å²) in [6.45, 7) is 0.289. The molecule has 33 heavy (non-hydrogen) atoms. The number of rotatable bonds is 7. The highest BCUT2D eigenvalue weighted by Gasteiger charge is 2.14. The quantitative estimate of drug-likeness (QED) is 0.292. The molecule has 1 heterocycles. The average molecular weight is 503 g/mol. The number of aromatic nitrogens is 1. The zero-order valence-corrected chi connectivity index (χ0v) is 19.6. The van der Waals surface area contributed by atoms with Crippen LogP contribution >= 0.6 is 34.5 Å². The highest BCUT2D eigenvalue weighted by atomic mass is 35.5. The molecule has 0 saturated carbocycles. The molecule has 168 valence electrons. The summed E-state index contributed by atoms with van der Waals surface area (Å²) in [6.07, 6.45) is 0. The molecule has 0 atom stereocenters. The van der Waals surface area contributed by atoms with Gasteiger partial charge in [0.1, 0.15) is 23.1 Å². The van der Waals surface area contributed by atoms with E-state index in [4.69, 9.17) is 32.7 Å². The number of carbonyl (C=O) groups is 1. The first-order valence-electron chi connectivity index (χ1n) is 9.70. The van der Waals surface area contributed by atoms with E-state index >= 15 is 0 Å². The summed E-state index contributed by atoms with van der Waals surface area (Å²) in [5.41, 5.74) is 2.39. The number of amides is 1. The van der Waals surface area contributed by atoms with Gasteiger partial charge in [-0.05, 0) is 60.2 Å². The number of halogens is 3. The molecule has 3 aromatic carbocycles. The maximum atomic E-state index is 13.0. The van der Waals surface area contributed by atoms with Crippen LogP contribution in [-0.2, 0) is 6.61 Å². The van der Waals surface area contributed by atoms with Crippen molar-refractivity contribution in [3.05, 3.63) is 93.2 Å². The Kier molecular flexibility index (Phi) is 7.13. The molecule has 0 saturated heterocycles. The first kappa shape index (κ1) is 23.0. The second-order valence-corrected chi connectivity index (χ2v) is 8.57. The average Bonchev–Trinajstić information content (AvgIpc) is 3.32. The Morgan fingerprint density at radius 2 is 1.82 bits per heavy atom. The number of anilines is 1. The number of thiazole rings is 1. The lowest BCUT2D eigenvalue weighted by Crippen LogP contribution is -2.12. The maximum Gasteiger partial charge on any atom is 0.275 e. The van der Waals surface area contributed by atoms with Gasteiger partial charge in [-0.25, -0.2) is 9.37 Å². The lowest BCUT2D eigenvalue weighted by atomic mass is 10.2. The summed E-state index contributed by atoms with van der Waals surface area (Å²) in [5, 5.41) is 5.95. The van der Waals surface area contributed by atoms with Crippen molar-refractivity contribution in [2.24, 2.45) is 0 Å². The van der Waals surface area contributed by atoms with Crippen molar-refractivity contribution < 1.29 is 18.7 Å². The second-order valence-electron chi connectivity index (χ2n) is 6.90. The summed E-state index contributed by atoms with van der Waals surface area (Å²) in [4.78, 5) is 16.9. The van der Waals surface area contributed by atoms with Crippen LogP contribution in [0.2, 0.25) is 10.0 Å². The van der Waals surface area contributed by atoms with Gasteiger partial charge in [-0.3, -0.25) is 4.79 Å². The molecule has 0 aliphatic rings. The summed E-state index contributed by atoms with van der Waals surface area (Å²) < 4.78 is 24.4. The Morgan fingerprint density at radius 3 is 2.55 bits per heavy atom. The third-order valence-corrected chi connectivity index (χ3v) is 6.26. The predicted molar refractivity (Wildman–Crippen MR) is 129 cm³/mol. The summed E-state index contributed by atoms with van der Waals surface area (Å²) >= 11 is 13.3. The fraction of sp³-hybridized carbons (Fsp3) is 0.0833. The molecule has 1 amide bonds. The van der Waals surface area contributed by atoms with E-state index in [1.807, 2.05) is 12.1 Å².